The van der Waals surface area contributed by atoms with E-state index in [-0.39, 0.29) is 11.9 Å². The van der Waals surface area contributed by atoms with E-state index in [1.807, 2.05) is 73.3 Å². The summed E-state index contributed by atoms with van der Waals surface area (Å²) in [5, 5.41) is 7.41. The predicted molar refractivity (Wildman–Crippen MR) is 113 cm³/mol. The molecule has 1 aromatic heterocycles. The highest BCUT2D eigenvalue weighted by Gasteiger charge is 2.16. The van der Waals surface area contributed by atoms with Crippen LogP contribution in [0.4, 0.5) is 0 Å². The van der Waals surface area contributed by atoms with Crippen LogP contribution in [0.1, 0.15) is 47.1 Å². The summed E-state index contributed by atoms with van der Waals surface area (Å²) in [6.07, 6.45) is 1.83. The fourth-order valence-corrected chi connectivity index (χ4v) is 3.33. The molecule has 0 saturated heterocycles. The number of ether oxygens (including phenoxy) is 1. The van der Waals surface area contributed by atoms with Crippen LogP contribution in [-0.4, -0.2) is 15.7 Å². The molecule has 0 aliphatic carbocycles. The average Bonchev–Trinajstić information content (AvgIpc) is 3.08. The van der Waals surface area contributed by atoms with E-state index in [9.17, 15) is 4.79 Å². The Kier molecular flexibility index (Phi) is 6.52. The molecule has 1 heterocycles. The maximum absolute atomic E-state index is 12.7. The molecular weight excluding hydrogens is 418 g/mol. The maximum atomic E-state index is 12.7. The van der Waals surface area contributed by atoms with Crippen molar-refractivity contribution in [1.82, 2.24) is 15.1 Å². The van der Waals surface area contributed by atoms with Gasteiger partial charge in [-0.15, -0.1) is 0 Å². The standard InChI is InChI=1S/C22H24BrN3O2/c1-4-26-16(3)21(13-24-26)15(2)25-22(27)18-7-5-6-17(12-18)14-28-20-10-8-19(23)9-11-20/h5-13,15H,4,14H2,1-3H3,(H,25,27). The van der Waals surface area contributed by atoms with E-state index in [0.717, 1.165) is 33.6 Å². The topological polar surface area (TPSA) is 56.2 Å². The normalized spacial score (nSPS) is 11.9. The van der Waals surface area contributed by atoms with Gasteiger partial charge >= 0.3 is 0 Å². The highest BCUT2D eigenvalue weighted by Crippen LogP contribution is 2.19. The van der Waals surface area contributed by atoms with Crippen molar-refractivity contribution in [2.24, 2.45) is 0 Å². The molecule has 0 saturated carbocycles. The molecule has 0 bridgehead atoms. The van der Waals surface area contributed by atoms with Crippen LogP contribution in [0.25, 0.3) is 0 Å². The van der Waals surface area contributed by atoms with Gasteiger partial charge < -0.3 is 10.1 Å². The number of nitrogens with zero attached hydrogens (tertiary/aromatic N) is 2. The van der Waals surface area contributed by atoms with Gasteiger partial charge in [0.25, 0.3) is 5.91 Å². The van der Waals surface area contributed by atoms with E-state index in [0.29, 0.717) is 12.2 Å². The molecule has 146 valence electrons. The van der Waals surface area contributed by atoms with Crippen molar-refractivity contribution in [3.8, 4) is 5.75 Å². The molecule has 3 rings (SSSR count). The van der Waals surface area contributed by atoms with Crippen molar-refractivity contribution in [3.63, 3.8) is 0 Å². The summed E-state index contributed by atoms with van der Waals surface area (Å²) in [7, 11) is 0. The number of nitrogens with one attached hydrogen (secondary N) is 1. The zero-order valence-corrected chi connectivity index (χ0v) is 17.9. The second-order valence-electron chi connectivity index (χ2n) is 6.64. The summed E-state index contributed by atoms with van der Waals surface area (Å²) in [5.74, 6) is 0.678. The van der Waals surface area contributed by atoms with E-state index in [1.165, 1.54) is 0 Å². The summed E-state index contributed by atoms with van der Waals surface area (Å²) >= 11 is 3.41. The minimum atomic E-state index is -0.115. The summed E-state index contributed by atoms with van der Waals surface area (Å²) in [6.45, 7) is 7.26. The third kappa shape index (κ3) is 4.81. The first-order chi connectivity index (χ1) is 13.5. The van der Waals surface area contributed by atoms with Crippen molar-refractivity contribution in [2.75, 3.05) is 0 Å². The first-order valence-electron chi connectivity index (χ1n) is 9.28. The maximum Gasteiger partial charge on any atom is 0.251 e. The molecule has 6 heteroatoms. The molecule has 0 spiro atoms. The zero-order chi connectivity index (χ0) is 20.1. The number of amides is 1. The third-order valence-electron chi connectivity index (χ3n) is 4.66. The molecule has 0 radical (unpaired) electrons. The molecular formula is C22H24BrN3O2. The molecule has 5 nitrogen and oxygen atoms in total. The molecule has 0 aliphatic rings. The van der Waals surface area contributed by atoms with Crippen molar-refractivity contribution < 1.29 is 9.53 Å². The van der Waals surface area contributed by atoms with Gasteiger partial charge in [-0.25, -0.2) is 0 Å². The Balaban J connectivity index is 1.64. The van der Waals surface area contributed by atoms with Gasteiger partial charge in [-0.1, -0.05) is 28.1 Å². The fourth-order valence-electron chi connectivity index (χ4n) is 3.06. The second-order valence-corrected chi connectivity index (χ2v) is 7.55. The van der Waals surface area contributed by atoms with E-state index in [2.05, 4.69) is 33.3 Å². The Bertz CT molecular complexity index is 951. The predicted octanol–water partition coefficient (Wildman–Crippen LogP) is 5.04. The van der Waals surface area contributed by atoms with Crippen LogP contribution >= 0.6 is 15.9 Å². The average molecular weight is 442 g/mol. The zero-order valence-electron chi connectivity index (χ0n) is 16.3. The number of rotatable bonds is 7. The SMILES string of the molecule is CCn1ncc(C(C)NC(=O)c2cccc(COc3ccc(Br)cc3)c2)c1C. The van der Waals surface area contributed by atoms with E-state index in [4.69, 9.17) is 4.74 Å². The van der Waals surface area contributed by atoms with E-state index in [1.54, 1.807) is 0 Å². The molecule has 0 aliphatic heterocycles. The molecule has 1 N–H and O–H groups in total. The first-order valence-corrected chi connectivity index (χ1v) is 10.1. The fraction of sp³-hybridized carbons (Fsp3) is 0.273. The molecule has 0 fully saturated rings. The van der Waals surface area contributed by atoms with Gasteiger partial charge in [0, 0.05) is 27.8 Å². The van der Waals surface area contributed by atoms with Gasteiger partial charge in [-0.05, 0) is 62.7 Å². The minimum absolute atomic E-state index is 0.110. The lowest BCUT2D eigenvalue weighted by molar-refractivity contribution is 0.0939. The van der Waals surface area contributed by atoms with Gasteiger partial charge in [-0.2, -0.15) is 5.10 Å². The molecule has 1 unspecified atom stereocenters. The smallest absolute Gasteiger partial charge is 0.251 e. The number of hydrogen-bond acceptors (Lipinski definition) is 3. The summed E-state index contributed by atoms with van der Waals surface area (Å²) in [6, 6.07) is 15.1. The molecule has 2 aromatic carbocycles. The Morgan fingerprint density at radius 1 is 1.25 bits per heavy atom. The van der Waals surface area contributed by atoms with Crippen LogP contribution in [0.3, 0.4) is 0 Å². The van der Waals surface area contributed by atoms with E-state index >= 15 is 0 Å². The van der Waals surface area contributed by atoms with Crippen molar-refractivity contribution >= 4 is 21.8 Å². The summed E-state index contributed by atoms with van der Waals surface area (Å²) in [5.41, 5.74) is 3.67. The monoisotopic (exact) mass is 441 g/mol. The number of aromatic nitrogens is 2. The van der Waals surface area contributed by atoms with Gasteiger partial charge in [-0.3, -0.25) is 9.48 Å². The molecule has 1 atom stereocenters. The van der Waals surface area contributed by atoms with Gasteiger partial charge in [0.15, 0.2) is 0 Å². The van der Waals surface area contributed by atoms with Crippen LogP contribution in [0, 0.1) is 6.92 Å². The van der Waals surface area contributed by atoms with Crippen molar-refractivity contribution in [1.29, 1.82) is 0 Å². The van der Waals surface area contributed by atoms with Crippen LogP contribution < -0.4 is 10.1 Å². The lowest BCUT2D eigenvalue weighted by atomic mass is 10.1. The number of aryl methyl sites for hydroxylation is 1. The molecule has 1 amide bonds. The Morgan fingerprint density at radius 2 is 2.00 bits per heavy atom. The molecule has 28 heavy (non-hydrogen) atoms. The summed E-state index contributed by atoms with van der Waals surface area (Å²) < 4.78 is 8.73. The Hall–Kier alpha value is -2.60. The van der Waals surface area contributed by atoms with Crippen molar-refractivity contribution in [3.05, 3.63) is 81.6 Å². The number of halogens is 1. The number of hydrogen-bond donors (Lipinski definition) is 1. The van der Waals surface area contributed by atoms with Crippen molar-refractivity contribution in [2.45, 2.75) is 40.0 Å². The lowest BCUT2D eigenvalue weighted by Gasteiger charge is -2.14. The highest BCUT2D eigenvalue weighted by molar-refractivity contribution is 9.10. The largest absolute Gasteiger partial charge is 0.489 e. The van der Waals surface area contributed by atoms with Crippen LogP contribution in [-0.2, 0) is 13.2 Å². The quantitative estimate of drug-likeness (QED) is 0.558. The van der Waals surface area contributed by atoms with Crippen LogP contribution in [0.15, 0.2) is 59.2 Å². The lowest BCUT2D eigenvalue weighted by Crippen LogP contribution is -2.27. The first kappa shape index (κ1) is 20.1. The van der Waals surface area contributed by atoms with Gasteiger partial charge in [0.2, 0.25) is 0 Å². The van der Waals surface area contributed by atoms with Gasteiger partial charge in [0.1, 0.15) is 12.4 Å². The minimum Gasteiger partial charge on any atom is -0.489 e. The Labute approximate surface area is 173 Å². The number of carbonyl (C=O) groups excluding carboxylic acids is 1. The Morgan fingerprint density at radius 3 is 2.68 bits per heavy atom. The third-order valence-corrected chi connectivity index (χ3v) is 5.19. The van der Waals surface area contributed by atoms with E-state index < -0.39 is 0 Å². The van der Waals surface area contributed by atoms with Crippen LogP contribution in [0.5, 0.6) is 5.75 Å². The van der Waals surface area contributed by atoms with Gasteiger partial charge in [0.05, 0.1) is 12.2 Å². The highest BCUT2D eigenvalue weighted by atomic mass is 79.9. The van der Waals surface area contributed by atoms with Crippen LogP contribution in [0.2, 0.25) is 0 Å². The second kappa shape index (κ2) is 9.06. The number of benzene rings is 2. The molecule has 3 aromatic rings. The summed E-state index contributed by atoms with van der Waals surface area (Å²) in [4.78, 5) is 12.7. The number of carbonyl (C=O) groups is 1.